The highest BCUT2D eigenvalue weighted by molar-refractivity contribution is 7.89. The molecule has 1 aromatic rings. The molecule has 20 heavy (non-hydrogen) atoms. The summed E-state index contributed by atoms with van der Waals surface area (Å²) in [7, 11) is -3.04. The maximum atomic E-state index is 11.2. The summed E-state index contributed by atoms with van der Waals surface area (Å²) in [6.45, 7) is 7.15. The molecule has 112 valence electrons. The van der Waals surface area contributed by atoms with E-state index in [1.54, 1.807) is 12.3 Å². The molecule has 0 spiro atoms. The summed E-state index contributed by atoms with van der Waals surface area (Å²) < 4.78 is 22.5. The maximum absolute atomic E-state index is 11.2. The molecule has 1 aromatic heterocycles. The largest absolute Gasteiger partial charge is 0.388 e. The predicted octanol–water partition coefficient (Wildman–Crippen LogP) is 1.22. The van der Waals surface area contributed by atoms with E-state index in [0.29, 0.717) is 12.1 Å². The van der Waals surface area contributed by atoms with Crippen LogP contribution in [0, 0.1) is 5.41 Å². The van der Waals surface area contributed by atoms with Crippen LogP contribution in [0.1, 0.15) is 26.3 Å². The van der Waals surface area contributed by atoms with Crippen LogP contribution in [0.3, 0.4) is 0 Å². The third-order valence-electron chi connectivity index (χ3n) is 4.10. The van der Waals surface area contributed by atoms with Crippen molar-refractivity contribution in [3.05, 3.63) is 23.9 Å². The van der Waals surface area contributed by atoms with Gasteiger partial charge in [-0.15, -0.1) is 0 Å². The van der Waals surface area contributed by atoms with Gasteiger partial charge in [-0.1, -0.05) is 19.9 Å². The van der Waals surface area contributed by atoms with Gasteiger partial charge in [-0.05, 0) is 18.6 Å². The van der Waals surface area contributed by atoms with E-state index < -0.39 is 15.4 Å². The minimum Gasteiger partial charge on any atom is -0.388 e. The Kier molecular flexibility index (Phi) is 3.59. The van der Waals surface area contributed by atoms with E-state index in [4.69, 9.17) is 0 Å². The van der Waals surface area contributed by atoms with Crippen molar-refractivity contribution in [2.24, 2.45) is 5.41 Å². The molecule has 2 rings (SSSR count). The van der Waals surface area contributed by atoms with Crippen molar-refractivity contribution in [3.63, 3.8) is 0 Å². The zero-order chi connectivity index (χ0) is 15.2. The number of nitrogens with zero attached hydrogens (tertiary/aromatic N) is 2. The van der Waals surface area contributed by atoms with Gasteiger partial charge in [0.1, 0.15) is 5.82 Å². The summed E-state index contributed by atoms with van der Waals surface area (Å²) in [6.07, 6.45) is 2.80. The van der Waals surface area contributed by atoms with Gasteiger partial charge in [0.05, 0.1) is 11.4 Å². The molecule has 1 aliphatic rings. The number of anilines is 1. The number of pyridine rings is 1. The monoisotopic (exact) mass is 298 g/mol. The Morgan fingerprint density at radius 1 is 1.30 bits per heavy atom. The van der Waals surface area contributed by atoms with Gasteiger partial charge in [0.15, 0.2) is 9.84 Å². The standard InChI is InChI=1S/C14H22N2O3S/c1-13(2)9-16(10-14(13,3)17)12-6-5-11(7-15-12)8-20(4,18)19/h5-7,17H,8-10H2,1-4H3/t14-/m1/s1. The Bertz CT molecular complexity index is 575. The number of rotatable bonds is 3. The zero-order valence-corrected chi connectivity index (χ0v) is 13.2. The van der Waals surface area contributed by atoms with Crippen molar-refractivity contribution >= 4 is 15.7 Å². The van der Waals surface area contributed by atoms with Gasteiger partial charge in [0, 0.05) is 31.0 Å². The van der Waals surface area contributed by atoms with E-state index >= 15 is 0 Å². The molecule has 1 fully saturated rings. The Morgan fingerprint density at radius 2 is 1.95 bits per heavy atom. The Morgan fingerprint density at radius 3 is 2.35 bits per heavy atom. The average Bonchev–Trinajstić information content (AvgIpc) is 2.47. The Labute approximate surface area is 120 Å². The smallest absolute Gasteiger partial charge is 0.151 e. The molecule has 1 aliphatic heterocycles. The first-order chi connectivity index (χ1) is 9.00. The highest BCUT2D eigenvalue weighted by Crippen LogP contribution is 2.39. The van der Waals surface area contributed by atoms with Crippen LogP contribution in [-0.2, 0) is 15.6 Å². The molecule has 1 N–H and O–H groups in total. The quantitative estimate of drug-likeness (QED) is 0.908. The van der Waals surface area contributed by atoms with Crippen molar-refractivity contribution in [1.82, 2.24) is 4.98 Å². The van der Waals surface area contributed by atoms with Crippen LogP contribution in [0.4, 0.5) is 5.82 Å². The Hall–Kier alpha value is -1.14. The van der Waals surface area contributed by atoms with Crippen molar-refractivity contribution < 1.29 is 13.5 Å². The van der Waals surface area contributed by atoms with Gasteiger partial charge >= 0.3 is 0 Å². The van der Waals surface area contributed by atoms with Gasteiger partial charge in [-0.2, -0.15) is 0 Å². The lowest BCUT2D eigenvalue weighted by Crippen LogP contribution is -2.40. The third-order valence-corrected chi connectivity index (χ3v) is 4.96. The minimum atomic E-state index is -3.04. The molecule has 0 aromatic carbocycles. The second-order valence-corrected chi connectivity index (χ2v) is 8.75. The van der Waals surface area contributed by atoms with Gasteiger partial charge < -0.3 is 10.0 Å². The second-order valence-electron chi connectivity index (χ2n) is 6.61. The van der Waals surface area contributed by atoms with Crippen LogP contribution in [0.25, 0.3) is 0 Å². The van der Waals surface area contributed by atoms with E-state index in [1.165, 1.54) is 6.26 Å². The summed E-state index contributed by atoms with van der Waals surface area (Å²) in [4.78, 5) is 6.36. The molecule has 0 radical (unpaired) electrons. The van der Waals surface area contributed by atoms with Crippen molar-refractivity contribution in [2.45, 2.75) is 32.1 Å². The van der Waals surface area contributed by atoms with Gasteiger partial charge in [-0.3, -0.25) is 0 Å². The van der Waals surface area contributed by atoms with Gasteiger partial charge in [-0.25, -0.2) is 13.4 Å². The molecular weight excluding hydrogens is 276 g/mol. The van der Waals surface area contributed by atoms with Crippen LogP contribution in [0.15, 0.2) is 18.3 Å². The summed E-state index contributed by atoms with van der Waals surface area (Å²) in [6, 6.07) is 3.60. The molecule has 5 nitrogen and oxygen atoms in total. The maximum Gasteiger partial charge on any atom is 0.151 e. The van der Waals surface area contributed by atoms with Crippen LogP contribution in [-0.4, -0.2) is 43.5 Å². The lowest BCUT2D eigenvalue weighted by Gasteiger charge is -2.30. The van der Waals surface area contributed by atoms with E-state index in [2.05, 4.69) is 4.98 Å². The third kappa shape index (κ3) is 3.12. The molecule has 0 aliphatic carbocycles. The molecule has 0 amide bonds. The number of hydrogen-bond acceptors (Lipinski definition) is 5. The van der Waals surface area contributed by atoms with Crippen molar-refractivity contribution in [3.8, 4) is 0 Å². The number of aromatic nitrogens is 1. The average molecular weight is 298 g/mol. The molecule has 0 saturated carbocycles. The Balaban J connectivity index is 2.16. The number of hydrogen-bond donors (Lipinski definition) is 1. The normalized spacial score (nSPS) is 25.9. The predicted molar refractivity (Wildman–Crippen MR) is 79.4 cm³/mol. The lowest BCUT2D eigenvalue weighted by molar-refractivity contribution is -0.00891. The van der Waals surface area contributed by atoms with Crippen molar-refractivity contribution in [2.75, 3.05) is 24.2 Å². The SMILES string of the molecule is CC1(C)CN(c2ccc(CS(C)(=O)=O)cn2)C[C@@]1(C)O. The van der Waals surface area contributed by atoms with E-state index in [0.717, 1.165) is 12.4 Å². The highest BCUT2D eigenvalue weighted by Gasteiger charge is 2.48. The van der Waals surface area contributed by atoms with Crippen LogP contribution in [0.2, 0.25) is 0 Å². The molecule has 0 unspecified atom stereocenters. The number of aliphatic hydroxyl groups is 1. The lowest BCUT2D eigenvalue weighted by atomic mass is 9.79. The van der Waals surface area contributed by atoms with E-state index in [9.17, 15) is 13.5 Å². The van der Waals surface area contributed by atoms with Crippen LogP contribution in [0.5, 0.6) is 0 Å². The van der Waals surface area contributed by atoms with Crippen LogP contribution < -0.4 is 4.90 Å². The van der Waals surface area contributed by atoms with E-state index in [-0.39, 0.29) is 11.2 Å². The van der Waals surface area contributed by atoms with Crippen LogP contribution >= 0.6 is 0 Å². The number of sulfone groups is 1. The second kappa shape index (κ2) is 4.70. The first kappa shape index (κ1) is 15.3. The van der Waals surface area contributed by atoms with E-state index in [1.807, 2.05) is 31.7 Å². The fourth-order valence-electron chi connectivity index (χ4n) is 2.44. The molecule has 1 atom stereocenters. The topological polar surface area (TPSA) is 70.5 Å². The molecule has 2 heterocycles. The van der Waals surface area contributed by atoms with Gasteiger partial charge in [0.2, 0.25) is 0 Å². The summed E-state index contributed by atoms with van der Waals surface area (Å²) >= 11 is 0. The fourth-order valence-corrected chi connectivity index (χ4v) is 3.22. The molecule has 6 heteroatoms. The molecular formula is C14H22N2O3S. The highest BCUT2D eigenvalue weighted by atomic mass is 32.2. The minimum absolute atomic E-state index is 0.00346. The summed E-state index contributed by atoms with van der Waals surface area (Å²) in [5, 5.41) is 10.4. The number of β-amino-alcohol motifs (C(OH)–C–C–N with tert-alkyl or cyclic N) is 1. The van der Waals surface area contributed by atoms with Gasteiger partial charge in [0.25, 0.3) is 0 Å². The fraction of sp³-hybridized carbons (Fsp3) is 0.643. The first-order valence-electron chi connectivity index (χ1n) is 6.60. The molecule has 0 bridgehead atoms. The summed E-state index contributed by atoms with van der Waals surface area (Å²) in [5.41, 5.74) is -0.290. The van der Waals surface area contributed by atoms with Crippen molar-refractivity contribution in [1.29, 1.82) is 0 Å². The summed E-state index contributed by atoms with van der Waals surface area (Å²) in [5.74, 6) is 0.775. The molecule has 1 saturated heterocycles. The zero-order valence-electron chi connectivity index (χ0n) is 12.4. The first-order valence-corrected chi connectivity index (χ1v) is 8.66.